The number of allylic oxidation sites excluding steroid dienone is 1. The van der Waals surface area contributed by atoms with E-state index in [9.17, 15) is 9.90 Å². The molecule has 5 nitrogen and oxygen atoms in total. The van der Waals surface area contributed by atoms with Gasteiger partial charge in [0.15, 0.2) is 5.78 Å². The van der Waals surface area contributed by atoms with Gasteiger partial charge in [-0.1, -0.05) is 12.1 Å². The molecule has 0 amide bonds. The van der Waals surface area contributed by atoms with E-state index in [4.69, 9.17) is 14.2 Å². The molecule has 2 aliphatic rings. The molecule has 0 spiro atoms. The van der Waals surface area contributed by atoms with Crippen LogP contribution in [0, 0.1) is 5.92 Å². The van der Waals surface area contributed by atoms with Crippen molar-refractivity contribution in [2.24, 2.45) is 5.92 Å². The Bertz CT molecular complexity index is 577. The van der Waals surface area contributed by atoms with Crippen molar-refractivity contribution in [1.82, 2.24) is 0 Å². The highest BCUT2D eigenvalue weighted by atomic mass is 16.5. The monoisotopic (exact) mass is 304 g/mol. The number of rotatable bonds is 3. The molecule has 0 bridgehead atoms. The Morgan fingerprint density at radius 2 is 1.91 bits per heavy atom. The predicted octanol–water partition coefficient (Wildman–Crippen LogP) is 1.79. The number of hydrogen-bond donors (Lipinski definition) is 1. The van der Waals surface area contributed by atoms with Gasteiger partial charge in [-0.15, -0.1) is 0 Å². The summed E-state index contributed by atoms with van der Waals surface area (Å²) in [6, 6.07) is 7.30. The number of Topliss-reactive ketones (excluding diaryl/α,β-unsaturated/α-hetero) is 1. The Morgan fingerprint density at radius 3 is 2.55 bits per heavy atom. The molecule has 1 heterocycles. The zero-order valence-corrected chi connectivity index (χ0v) is 12.7. The fourth-order valence-electron chi connectivity index (χ4n) is 3.19. The van der Waals surface area contributed by atoms with E-state index in [-0.39, 0.29) is 23.9 Å². The highest BCUT2D eigenvalue weighted by Crippen LogP contribution is 2.37. The predicted molar refractivity (Wildman–Crippen MR) is 80.4 cm³/mol. The smallest absolute Gasteiger partial charge is 0.173 e. The first kappa shape index (κ1) is 15.1. The molecule has 1 aromatic rings. The number of aliphatic hydroxyl groups is 1. The lowest BCUT2D eigenvalue weighted by molar-refractivity contribution is -0.136. The first-order chi connectivity index (χ1) is 10.6. The van der Waals surface area contributed by atoms with E-state index in [1.807, 2.05) is 24.3 Å². The summed E-state index contributed by atoms with van der Waals surface area (Å²) >= 11 is 0. The van der Waals surface area contributed by atoms with Gasteiger partial charge >= 0.3 is 0 Å². The highest BCUT2D eigenvalue weighted by Gasteiger charge is 2.44. The van der Waals surface area contributed by atoms with E-state index in [1.54, 1.807) is 14.2 Å². The van der Waals surface area contributed by atoms with Crippen LogP contribution in [0.5, 0.6) is 5.75 Å². The number of methoxy groups -OCH3 is 2. The Labute approximate surface area is 129 Å². The molecule has 0 radical (unpaired) electrons. The van der Waals surface area contributed by atoms with E-state index in [1.165, 1.54) is 6.26 Å². The lowest BCUT2D eigenvalue weighted by atomic mass is 9.76. The van der Waals surface area contributed by atoms with Crippen LogP contribution in [0.1, 0.15) is 18.4 Å². The highest BCUT2D eigenvalue weighted by molar-refractivity contribution is 6.22. The van der Waals surface area contributed by atoms with Crippen molar-refractivity contribution in [1.29, 1.82) is 0 Å². The lowest BCUT2D eigenvalue weighted by Gasteiger charge is -2.39. The molecule has 4 atom stereocenters. The molecule has 22 heavy (non-hydrogen) atoms. The van der Waals surface area contributed by atoms with Gasteiger partial charge in [-0.3, -0.25) is 4.79 Å². The van der Waals surface area contributed by atoms with Gasteiger partial charge in [0.2, 0.25) is 0 Å². The van der Waals surface area contributed by atoms with Crippen LogP contribution < -0.4 is 4.74 Å². The molecule has 5 heteroatoms. The molecule has 1 saturated carbocycles. The van der Waals surface area contributed by atoms with Crippen LogP contribution in [-0.2, 0) is 14.3 Å². The third-order valence-corrected chi connectivity index (χ3v) is 4.50. The molecule has 1 N–H and O–H groups in total. The summed E-state index contributed by atoms with van der Waals surface area (Å²) in [7, 11) is 3.17. The Hall–Kier alpha value is -1.85. The second kappa shape index (κ2) is 6.10. The molecule has 1 aliphatic heterocycles. The molecular weight excluding hydrogens is 284 g/mol. The maximum atomic E-state index is 12.7. The summed E-state index contributed by atoms with van der Waals surface area (Å²) in [5, 5.41) is 10.1. The van der Waals surface area contributed by atoms with Gasteiger partial charge in [-0.25, -0.2) is 0 Å². The van der Waals surface area contributed by atoms with Crippen molar-refractivity contribution in [2.45, 2.75) is 31.2 Å². The second-order valence-corrected chi connectivity index (χ2v) is 5.72. The minimum Gasteiger partial charge on any atom is -0.497 e. The fraction of sp³-hybridized carbons (Fsp3) is 0.471. The number of ketones is 1. The van der Waals surface area contributed by atoms with Crippen molar-refractivity contribution >= 4 is 11.4 Å². The van der Waals surface area contributed by atoms with Crippen LogP contribution in [0.2, 0.25) is 0 Å². The molecule has 3 rings (SSSR count). The number of carbonyl (C=O) groups is 1. The van der Waals surface area contributed by atoms with Crippen LogP contribution in [0.15, 0.2) is 30.5 Å². The van der Waals surface area contributed by atoms with Crippen molar-refractivity contribution in [2.75, 3.05) is 14.2 Å². The molecule has 1 aliphatic carbocycles. The van der Waals surface area contributed by atoms with Crippen molar-refractivity contribution in [3.63, 3.8) is 0 Å². The number of fused-ring (bicyclic) bond motifs is 1. The molecule has 1 aromatic carbocycles. The number of aliphatic hydroxyl groups excluding tert-OH is 1. The summed E-state index contributed by atoms with van der Waals surface area (Å²) < 4.78 is 16.1. The van der Waals surface area contributed by atoms with Crippen LogP contribution in [-0.4, -0.2) is 43.4 Å². The summed E-state index contributed by atoms with van der Waals surface area (Å²) in [4.78, 5) is 12.7. The number of benzene rings is 1. The Balaban J connectivity index is 1.83. The van der Waals surface area contributed by atoms with Crippen molar-refractivity contribution in [3.8, 4) is 5.75 Å². The maximum Gasteiger partial charge on any atom is 0.173 e. The fourth-order valence-corrected chi connectivity index (χ4v) is 3.19. The average molecular weight is 304 g/mol. The number of ether oxygens (including phenoxy) is 3. The topological polar surface area (TPSA) is 65.0 Å². The zero-order valence-electron chi connectivity index (χ0n) is 12.7. The molecule has 0 saturated heterocycles. The summed E-state index contributed by atoms with van der Waals surface area (Å²) in [6.45, 7) is 0. The van der Waals surface area contributed by atoms with Crippen LogP contribution in [0.3, 0.4) is 0 Å². The third-order valence-electron chi connectivity index (χ3n) is 4.50. The van der Waals surface area contributed by atoms with Gasteiger partial charge < -0.3 is 19.3 Å². The molecule has 118 valence electrons. The van der Waals surface area contributed by atoms with Gasteiger partial charge in [0.1, 0.15) is 11.9 Å². The van der Waals surface area contributed by atoms with Gasteiger partial charge in [-0.2, -0.15) is 0 Å². The zero-order chi connectivity index (χ0) is 15.7. The lowest BCUT2D eigenvalue weighted by Crippen LogP contribution is -2.47. The Morgan fingerprint density at radius 1 is 1.18 bits per heavy atom. The Kier molecular flexibility index (Phi) is 4.18. The first-order valence-corrected chi connectivity index (χ1v) is 7.39. The second-order valence-electron chi connectivity index (χ2n) is 5.72. The van der Waals surface area contributed by atoms with Gasteiger partial charge in [0, 0.05) is 13.5 Å². The van der Waals surface area contributed by atoms with E-state index in [2.05, 4.69) is 0 Å². The average Bonchev–Trinajstić information content (AvgIpc) is 2.55. The maximum absolute atomic E-state index is 12.7. The molecule has 4 unspecified atom stereocenters. The third kappa shape index (κ3) is 2.62. The first-order valence-electron chi connectivity index (χ1n) is 7.39. The van der Waals surface area contributed by atoms with E-state index in [0.717, 1.165) is 11.3 Å². The number of carbonyl (C=O) groups excluding carboxylic acids is 1. The van der Waals surface area contributed by atoms with Gasteiger partial charge in [0.25, 0.3) is 0 Å². The molecule has 1 fully saturated rings. The van der Waals surface area contributed by atoms with Crippen molar-refractivity contribution in [3.05, 3.63) is 36.1 Å². The summed E-state index contributed by atoms with van der Waals surface area (Å²) in [5.41, 5.74) is 1.35. The minimum absolute atomic E-state index is 0.0232. The van der Waals surface area contributed by atoms with Gasteiger partial charge in [-0.05, 0) is 24.1 Å². The minimum atomic E-state index is -0.631. The van der Waals surface area contributed by atoms with E-state index in [0.29, 0.717) is 18.4 Å². The van der Waals surface area contributed by atoms with Gasteiger partial charge in [0.05, 0.1) is 37.1 Å². The van der Waals surface area contributed by atoms with E-state index < -0.39 is 6.10 Å². The SMILES string of the molecule is COc1ccc(C2=COC3CC(OC)C(O)CC3C2=O)cc1. The molecule has 0 aromatic heterocycles. The number of hydrogen-bond acceptors (Lipinski definition) is 5. The van der Waals surface area contributed by atoms with Crippen LogP contribution >= 0.6 is 0 Å². The normalized spacial score (nSPS) is 31.0. The van der Waals surface area contributed by atoms with Crippen molar-refractivity contribution < 1.29 is 24.1 Å². The standard InChI is InChI=1S/C17H20O5/c1-20-11-5-3-10(4-6-11)13-9-22-15-8-16(21-2)14(18)7-12(15)17(13)19/h3-6,9,12,14-16,18H,7-8H2,1-2H3. The molecular formula is C17H20O5. The summed E-state index contributed by atoms with van der Waals surface area (Å²) in [5.74, 6) is 0.445. The van der Waals surface area contributed by atoms with E-state index >= 15 is 0 Å². The quantitative estimate of drug-likeness (QED) is 0.922. The van der Waals surface area contributed by atoms with Crippen LogP contribution in [0.4, 0.5) is 0 Å². The summed E-state index contributed by atoms with van der Waals surface area (Å²) in [6.07, 6.45) is 1.31. The largest absolute Gasteiger partial charge is 0.497 e. The van der Waals surface area contributed by atoms with Crippen LogP contribution in [0.25, 0.3) is 5.57 Å².